The second-order valence-corrected chi connectivity index (χ2v) is 6.55. The SMILES string of the molecule is CCC(C)CC(CC)OC1=CCCN(Cc2ccccc2)C1. The van der Waals surface area contributed by atoms with E-state index >= 15 is 0 Å². The molecule has 0 bridgehead atoms. The molecule has 0 fully saturated rings. The first-order valence-corrected chi connectivity index (χ1v) is 8.83. The van der Waals surface area contributed by atoms with Gasteiger partial charge in [-0.15, -0.1) is 0 Å². The summed E-state index contributed by atoms with van der Waals surface area (Å²) >= 11 is 0. The van der Waals surface area contributed by atoms with Crippen LogP contribution in [0.1, 0.15) is 52.0 Å². The Kier molecular flexibility index (Phi) is 6.98. The van der Waals surface area contributed by atoms with Gasteiger partial charge in [-0.3, -0.25) is 4.90 Å². The van der Waals surface area contributed by atoms with Crippen LogP contribution in [-0.4, -0.2) is 24.1 Å². The lowest BCUT2D eigenvalue weighted by molar-refractivity contribution is 0.0675. The van der Waals surface area contributed by atoms with Crippen molar-refractivity contribution < 1.29 is 4.74 Å². The van der Waals surface area contributed by atoms with Gasteiger partial charge in [0.15, 0.2) is 0 Å². The van der Waals surface area contributed by atoms with Gasteiger partial charge in [0.25, 0.3) is 0 Å². The summed E-state index contributed by atoms with van der Waals surface area (Å²) in [5.41, 5.74) is 1.38. The van der Waals surface area contributed by atoms with E-state index in [9.17, 15) is 0 Å². The van der Waals surface area contributed by atoms with Crippen molar-refractivity contribution in [2.24, 2.45) is 5.92 Å². The van der Waals surface area contributed by atoms with Crippen molar-refractivity contribution in [1.29, 1.82) is 0 Å². The lowest BCUT2D eigenvalue weighted by Gasteiger charge is -2.30. The smallest absolute Gasteiger partial charge is 0.106 e. The van der Waals surface area contributed by atoms with Crippen LogP contribution < -0.4 is 0 Å². The summed E-state index contributed by atoms with van der Waals surface area (Å²) in [6, 6.07) is 10.7. The Balaban J connectivity index is 1.85. The van der Waals surface area contributed by atoms with Gasteiger partial charge in [-0.2, -0.15) is 0 Å². The van der Waals surface area contributed by atoms with Crippen LogP contribution in [-0.2, 0) is 11.3 Å². The fraction of sp³-hybridized carbons (Fsp3) is 0.600. The normalized spacial score (nSPS) is 18.6. The van der Waals surface area contributed by atoms with Gasteiger partial charge in [-0.05, 0) is 36.8 Å². The van der Waals surface area contributed by atoms with Crippen molar-refractivity contribution in [1.82, 2.24) is 4.90 Å². The monoisotopic (exact) mass is 301 g/mol. The maximum Gasteiger partial charge on any atom is 0.106 e. The van der Waals surface area contributed by atoms with E-state index in [1.54, 1.807) is 0 Å². The summed E-state index contributed by atoms with van der Waals surface area (Å²) in [7, 11) is 0. The van der Waals surface area contributed by atoms with Gasteiger partial charge in [0, 0.05) is 13.1 Å². The van der Waals surface area contributed by atoms with Crippen LogP contribution in [0.5, 0.6) is 0 Å². The average molecular weight is 301 g/mol. The van der Waals surface area contributed by atoms with Crippen molar-refractivity contribution in [3.63, 3.8) is 0 Å². The van der Waals surface area contributed by atoms with Gasteiger partial charge in [-0.1, -0.05) is 57.5 Å². The molecule has 1 aromatic rings. The van der Waals surface area contributed by atoms with Gasteiger partial charge in [-0.25, -0.2) is 0 Å². The molecule has 1 aliphatic heterocycles. The maximum absolute atomic E-state index is 6.30. The molecular weight excluding hydrogens is 270 g/mol. The van der Waals surface area contributed by atoms with Crippen LogP contribution in [0, 0.1) is 5.92 Å². The minimum atomic E-state index is 0.373. The van der Waals surface area contributed by atoms with Crippen molar-refractivity contribution >= 4 is 0 Å². The van der Waals surface area contributed by atoms with Crippen LogP contribution in [0.3, 0.4) is 0 Å². The highest BCUT2D eigenvalue weighted by atomic mass is 16.5. The minimum absolute atomic E-state index is 0.373. The molecule has 0 aliphatic carbocycles. The summed E-state index contributed by atoms with van der Waals surface area (Å²) in [5, 5.41) is 0. The molecule has 1 aliphatic rings. The molecular formula is C20H31NO. The maximum atomic E-state index is 6.30. The van der Waals surface area contributed by atoms with E-state index in [1.165, 1.54) is 24.2 Å². The van der Waals surface area contributed by atoms with E-state index in [0.717, 1.165) is 38.4 Å². The molecule has 2 unspecified atom stereocenters. The molecule has 0 aromatic heterocycles. The molecule has 0 saturated carbocycles. The Morgan fingerprint density at radius 2 is 1.91 bits per heavy atom. The zero-order valence-electron chi connectivity index (χ0n) is 14.4. The number of nitrogens with zero attached hydrogens (tertiary/aromatic N) is 1. The van der Waals surface area contributed by atoms with Crippen molar-refractivity contribution in [3.8, 4) is 0 Å². The van der Waals surface area contributed by atoms with Crippen molar-refractivity contribution in [2.45, 2.75) is 59.1 Å². The highest BCUT2D eigenvalue weighted by Gasteiger charge is 2.18. The van der Waals surface area contributed by atoms with Crippen LogP contribution in [0.4, 0.5) is 0 Å². The van der Waals surface area contributed by atoms with Gasteiger partial charge < -0.3 is 4.74 Å². The summed E-state index contributed by atoms with van der Waals surface area (Å²) in [4.78, 5) is 2.49. The largest absolute Gasteiger partial charge is 0.494 e. The quantitative estimate of drug-likeness (QED) is 0.669. The van der Waals surface area contributed by atoms with E-state index in [4.69, 9.17) is 4.74 Å². The highest BCUT2D eigenvalue weighted by Crippen LogP contribution is 2.21. The zero-order valence-corrected chi connectivity index (χ0v) is 14.4. The molecule has 2 heteroatoms. The number of ether oxygens (including phenoxy) is 1. The van der Waals surface area contributed by atoms with Gasteiger partial charge in [0.1, 0.15) is 5.76 Å². The van der Waals surface area contributed by atoms with E-state index < -0.39 is 0 Å². The molecule has 122 valence electrons. The summed E-state index contributed by atoms with van der Waals surface area (Å²) in [6.45, 7) is 9.92. The Morgan fingerprint density at radius 1 is 1.14 bits per heavy atom. The zero-order chi connectivity index (χ0) is 15.8. The second-order valence-electron chi connectivity index (χ2n) is 6.55. The first-order chi connectivity index (χ1) is 10.7. The second kappa shape index (κ2) is 8.99. The topological polar surface area (TPSA) is 12.5 Å². The lowest BCUT2D eigenvalue weighted by atomic mass is 9.99. The first kappa shape index (κ1) is 17.1. The molecule has 0 spiro atoms. The first-order valence-electron chi connectivity index (χ1n) is 8.83. The Bertz CT molecular complexity index is 454. The van der Waals surface area contributed by atoms with Gasteiger partial charge in [0.2, 0.25) is 0 Å². The van der Waals surface area contributed by atoms with Crippen LogP contribution in [0.15, 0.2) is 42.2 Å². The molecule has 2 nitrogen and oxygen atoms in total. The van der Waals surface area contributed by atoms with E-state index in [0.29, 0.717) is 6.10 Å². The van der Waals surface area contributed by atoms with Crippen molar-refractivity contribution in [3.05, 3.63) is 47.7 Å². The van der Waals surface area contributed by atoms with E-state index in [2.05, 4.69) is 62.1 Å². The Labute approximate surface area is 136 Å². The predicted octanol–water partition coefficient (Wildman–Crippen LogP) is 5.01. The number of hydrogen-bond acceptors (Lipinski definition) is 2. The molecule has 0 radical (unpaired) electrons. The highest BCUT2D eigenvalue weighted by molar-refractivity contribution is 5.15. The Morgan fingerprint density at radius 3 is 2.59 bits per heavy atom. The third-order valence-electron chi connectivity index (χ3n) is 4.58. The summed E-state index contributed by atoms with van der Waals surface area (Å²) < 4.78 is 6.30. The van der Waals surface area contributed by atoms with E-state index in [-0.39, 0.29) is 0 Å². The molecule has 0 amide bonds. The van der Waals surface area contributed by atoms with Crippen LogP contribution >= 0.6 is 0 Å². The minimum Gasteiger partial charge on any atom is -0.494 e. The molecule has 22 heavy (non-hydrogen) atoms. The number of benzene rings is 1. The third-order valence-corrected chi connectivity index (χ3v) is 4.58. The molecule has 2 atom stereocenters. The van der Waals surface area contributed by atoms with Crippen molar-refractivity contribution in [2.75, 3.05) is 13.1 Å². The molecule has 1 aromatic carbocycles. The standard InChI is InChI=1S/C20H31NO/c1-4-17(3)14-19(5-2)22-20-12-9-13-21(16-20)15-18-10-7-6-8-11-18/h6-8,10-12,17,19H,4-5,9,13-16H2,1-3H3. The van der Waals surface area contributed by atoms with Crippen LogP contribution in [0.2, 0.25) is 0 Å². The predicted molar refractivity (Wildman–Crippen MR) is 93.7 cm³/mol. The van der Waals surface area contributed by atoms with Gasteiger partial charge in [0.05, 0.1) is 12.6 Å². The number of rotatable bonds is 8. The average Bonchev–Trinajstić information content (AvgIpc) is 2.55. The Hall–Kier alpha value is -1.28. The molecule has 2 rings (SSSR count). The lowest BCUT2D eigenvalue weighted by Crippen LogP contribution is -2.31. The molecule has 0 saturated heterocycles. The van der Waals surface area contributed by atoms with E-state index in [1.807, 2.05) is 0 Å². The summed E-state index contributed by atoms with van der Waals surface area (Å²) in [5.74, 6) is 1.92. The van der Waals surface area contributed by atoms with Gasteiger partial charge >= 0.3 is 0 Å². The molecule has 1 heterocycles. The number of hydrogen-bond donors (Lipinski definition) is 0. The fourth-order valence-corrected chi connectivity index (χ4v) is 2.96. The summed E-state index contributed by atoms with van der Waals surface area (Å²) in [6.07, 6.45) is 7.27. The fourth-order valence-electron chi connectivity index (χ4n) is 2.96. The van der Waals surface area contributed by atoms with Crippen LogP contribution in [0.25, 0.3) is 0 Å². The third kappa shape index (κ3) is 5.49. The molecule has 0 N–H and O–H groups in total.